The van der Waals surface area contributed by atoms with Gasteiger partial charge in [0, 0.05) is 45.6 Å². The van der Waals surface area contributed by atoms with Crippen LogP contribution in [0.3, 0.4) is 0 Å². The number of anilines is 1. The average Bonchev–Trinajstić information content (AvgIpc) is 3.21. The molecule has 122 valence electrons. The van der Waals surface area contributed by atoms with Gasteiger partial charge in [0.25, 0.3) is 0 Å². The lowest BCUT2D eigenvalue weighted by molar-refractivity contribution is 0.403. The van der Waals surface area contributed by atoms with E-state index in [1.807, 2.05) is 16.8 Å². The molecule has 0 spiro atoms. The summed E-state index contributed by atoms with van der Waals surface area (Å²) < 4.78 is 1.92. The van der Waals surface area contributed by atoms with Gasteiger partial charge < -0.3 is 15.1 Å². The number of nitrogens with zero attached hydrogens (tertiary/aromatic N) is 7. The van der Waals surface area contributed by atoms with E-state index in [1.165, 1.54) is 12.8 Å². The van der Waals surface area contributed by atoms with E-state index in [2.05, 4.69) is 42.3 Å². The third-order valence-corrected chi connectivity index (χ3v) is 4.62. The van der Waals surface area contributed by atoms with Crippen molar-refractivity contribution in [3.8, 4) is 0 Å². The SMILES string of the molecule is CN1CCN=C1NCC1CCCN(c2nccn3cnnc23)C1. The molecule has 0 aromatic carbocycles. The number of likely N-dealkylation sites (N-methyl/N-ethyl adjacent to an activating group) is 1. The Morgan fingerprint density at radius 2 is 2.30 bits per heavy atom. The van der Waals surface area contributed by atoms with Crippen LogP contribution >= 0.6 is 0 Å². The smallest absolute Gasteiger partial charge is 0.203 e. The molecular weight excluding hydrogens is 292 g/mol. The molecule has 0 saturated carbocycles. The Hall–Kier alpha value is -2.38. The van der Waals surface area contributed by atoms with Crippen molar-refractivity contribution < 1.29 is 0 Å². The van der Waals surface area contributed by atoms with Crippen LogP contribution in [0, 0.1) is 5.92 Å². The Labute approximate surface area is 135 Å². The minimum Gasteiger partial charge on any atom is -0.356 e. The summed E-state index contributed by atoms with van der Waals surface area (Å²) in [5.41, 5.74) is 0.834. The van der Waals surface area contributed by atoms with E-state index in [0.29, 0.717) is 5.92 Å². The molecule has 1 unspecified atom stereocenters. The first-order valence-electron chi connectivity index (χ1n) is 8.20. The quantitative estimate of drug-likeness (QED) is 0.874. The van der Waals surface area contributed by atoms with E-state index in [-0.39, 0.29) is 0 Å². The molecule has 2 aliphatic heterocycles. The lowest BCUT2D eigenvalue weighted by Gasteiger charge is -2.34. The molecule has 8 heteroatoms. The highest BCUT2D eigenvalue weighted by molar-refractivity contribution is 5.81. The van der Waals surface area contributed by atoms with Crippen LogP contribution in [0.4, 0.5) is 5.82 Å². The number of hydrogen-bond acceptors (Lipinski definition) is 7. The highest BCUT2D eigenvalue weighted by Crippen LogP contribution is 2.23. The van der Waals surface area contributed by atoms with Crippen molar-refractivity contribution in [2.24, 2.45) is 10.9 Å². The number of guanidine groups is 1. The second kappa shape index (κ2) is 6.02. The Morgan fingerprint density at radius 1 is 1.35 bits per heavy atom. The summed E-state index contributed by atoms with van der Waals surface area (Å²) in [6, 6.07) is 0. The molecule has 2 aromatic heterocycles. The van der Waals surface area contributed by atoms with Crippen molar-refractivity contribution >= 4 is 17.4 Å². The number of rotatable bonds is 3. The Morgan fingerprint density at radius 3 is 3.17 bits per heavy atom. The monoisotopic (exact) mass is 314 g/mol. The van der Waals surface area contributed by atoms with E-state index >= 15 is 0 Å². The van der Waals surface area contributed by atoms with Gasteiger partial charge >= 0.3 is 0 Å². The summed E-state index contributed by atoms with van der Waals surface area (Å²) in [5, 5.41) is 11.7. The molecule has 0 radical (unpaired) electrons. The maximum atomic E-state index is 4.54. The first-order chi connectivity index (χ1) is 11.3. The van der Waals surface area contributed by atoms with Crippen molar-refractivity contribution in [1.82, 2.24) is 29.8 Å². The fourth-order valence-electron chi connectivity index (χ4n) is 3.35. The number of hydrogen-bond donors (Lipinski definition) is 1. The number of aromatic nitrogens is 4. The fraction of sp³-hybridized carbons (Fsp3) is 0.600. The second-order valence-electron chi connectivity index (χ2n) is 6.27. The molecule has 1 fully saturated rings. The molecular formula is C15H22N8. The van der Waals surface area contributed by atoms with Gasteiger partial charge in [0.05, 0.1) is 6.54 Å². The van der Waals surface area contributed by atoms with E-state index in [1.54, 1.807) is 6.33 Å². The molecule has 0 aliphatic carbocycles. The maximum absolute atomic E-state index is 4.54. The maximum Gasteiger partial charge on any atom is 0.203 e. The molecule has 1 atom stereocenters. The molecule has 2 aliphatic rings. The third kappa shape index (κ3) is 2.80. The van der Waals surface area contributed by atoms with E-state index in [0.717, 1.165) is 50.1 Å². The summed E-state index contributed by atoms with van der Waals surface area (Å²) in [6.07, 6.45) is 7.82. The summed E-state index contributed by atoms with van der Waals surface area (Å²) in [4.78, 5) is 13.5. The molecule has 4 rings (SSSR count). The van der Waals surface area contributed by atoms with Crippen molar-refractivity contribution in [3.05, 3.63) is 18.7 Å². The molecule has 4 heterocycles. The van der Waals surface area contributed by atoms with Gasteiger partial charge in [0.2, 0.25) is 5.65 Å². The van der Waals surface area contributed by atoms with Gasteiger partial charge in [-0.15, -0.1) is 10.2 Å². The van der Waals surface area contributed by atoms with Crippen LogP contribution in [-0.2, 0) is 0 Å². The van der Waals surface area contributed by atoms with Crippen LogP contribution in [0.5, 0.6) is 0 Å². The Kier molecular flexibility index (Phi) is 3.72. The zero-order chi connectivity index (χ0) is 15.6. The van der Waals surface area contributed by atoms with Crippen molar-refractivity contribution in [1.29, 1.82) is 0 Å². The molecule has 1 saturated heterocycles. The summed E-state index contributed by atoms with van der Waals surface area (Å²) >= 11 is 0. The zero-order valence-corrected chi connectivity index (χ0v) is 13.4. The number of fused-ring (bicyclic) bond motifs is 1. The number of nitrogens with one attached hydrogen (secondary N) is 1. The standard InChI is InChI=1S/C15H22N8/c1-21-7-4-17-15(21)18-9-12-3-2-6-22(10-12)13-14-20-19-11-23(14)8-5-16-13/h5,8,11-12H,2-4,6-7,9-10H2,1H3,(H,17,18). The van der Waals surface area contributed by atoms with Crippen molar-refractivity contribution in [2.45, 2.75) is 12.8 Å². The minimum atomic E-state index is 0.588. The van der Waals surface area contributed by atoms with Gasteiger partial charge in [-0.3, -0.25) is 9.39 Å². The summed E-state index contributed by atoms with van der Waals surface area (Å²) in [5.74, 6) is 2.55. The molecule has 2 aromatic rings. The fourth-order valence-corrected chi connectivity index (χ4v) is 3.35. The third-order valence-electron chi connectivity index (χ3n) is 4.62. The zero-order valence-electron chi connectivity index (χ0n) is 13.4. The van der Waals surface area contributed by atoms with Crippen LogP contribution in [0.2, 0.25) is 0 Å². The molecule has 0 bridgehead atoms. The van der Waals surface area contributed by atoms with Crippen molar-refractivity contribution in [3.63, 3.8) is 0 Å². The van der Waals surface area contributed by atoms with Gasteiger partial charge in [0.1, 0.15) is 6.33 Å². The normalized spacial score (nSPS) is 21.8. The number of piperidine rings is 1. The lowest BCUT2D eigenvalue weighted by Crippen LogP contribution is -2.44. The second-order valence-corrected chi connectivity index (χ2v) is 6.27. The van der Waals surface area contributed by atoms with E-state index in [9.17, 15) is 0 Å². The Bertz CT molecular complexity index is 708. The largest absolute Gasteiger partial charge is 0.356 e. The van der Waals surface area contributed by atoms with Crippen LogP contribution in [0.25, 0.3) is 5.65 Å². The van der Waals surface area contributed by atoms with Gasteiger partial charge in [-0.05, 0) is 18.8 Å². The molecule has 8 nitrogen and oxygen atoms in total. The van der Waals surface area contributed by atoms with Crippen LogP contribution < -0.4 is 10.2 Å². The van der Waals surface area contributed by atoms with E-state index < -0.39 is 0 Å². The van der Waals surface area contributed by atoms with Gasteiger partial charge in [0.15, 0.2) is 11.8 Å². The van der Waals surface area contributed by atoms with Crippen LogP contribution in [0.1, 0.15) is 12.8 Å². The van der Waals surface area contributed by atoms with Crippen molar-refractivity contribution in [2.75, 3.05) is 44.7 Å². The summed E-state index contributed by atoms with van der Waals surface area (Å²) in [6.45, 7) is 4.88. The van der Waals surface area contributed by atoms with E-state index in [4.69, 9.17) is 0 Å². The highest BCUT2D eigenvalue weighted by Gasteiger charge is 2.24. The predicted octanol–water partition coefficient (Wildman–Crippen LogP) is 0.232. The predicted molar refractivity (Wildman–Crippen MR) is 88.7 cm³/mol. The first-order valence-corrected chi connectivity index (χ1v) is 8.20. The number of aliphatic imine (C=N–C) groups is 1. The molecule has 0 amide bonds. The first kappa shape index (κ1) is 14.2. The van der Waals surface area contributed by atoms with Gasteiger partial charge in [-0.2, -0.15) is 0 Å². The summed E-state index contributed by atoms with van der Waals surface area (Å²) in [7, 11) is 2.09. The Balaban J connectivity index is 1.44. The highest BCUT2D eigenvalue weighted by atomic mass is 15.3. The van der Waals surface area contributed by atoms with Crippen LogP contribution in [-0.4, -0.2) is 70.2 Å². The van der Waals surface area contributed by atoms with Gasteiger partial charge in [-0.25, -0.2) is 4.98 Å². The average molecular weight is 314 g/mol. The topological polar surface area (TPSA) is 74.0 Å². The van der Waals surface area contributed by atoms with Crippen LogP contribution in [0.15, 0.2) is 23.7 Å². The molecule has 23 heavy (non-hydrogen) atoms. The van der Waals surface area contributed by atoms with Gasteiger partial charge in [-0.1, -0.05) is 0 Å². The molecule has 1 N–H and O–H groups in total. The lowest BCUT2D eigenvalue weighted by atomic mass is 9.98. The minimum absolute atomic E-state index is 0.588.